The number of hydrogen-bond donors (Lipinski definition) is 0. The van der Waals surface area contributed by atoms with E-state index < -0.39 is 0 Å². The summed E-state index contributed by atoms with van der Waals surface area (Å²) < 4.78 is 2.17. The number of hydrogen-bond acceptors (Lipinski definition) is 0. The fourth-order valence-electron chi connectivity index (χ4n) is 6.00. The molecule has 0 bridgehead atoms. The monoisotopic (exact) mass is 682 g/mol. The van der Waals surface area contributed by atoms with Crippen LogP contribution in [0.15, 0.2) is 78.4 Å². The van der Waals surface area contributed by atoms with E-state index in [2.05, 4.69) is 150 Å². The second kappa shape index (κ2) is 13.5. The van der Waals surface area contributed by atoms with Crippen LogP contribution in [0.3, 0.4) is 0 Å². The van der Waals surface area contributed by atoms with Gasteiger partial charge in [-0.05, 0) is 45.9 Å². The van der Waals surface area contributed by atoms with Crippen molar-refractivity contribution < 1.29 is 49.0 Å². The molecule has 0 aliphatic heterocycles. The van der Waals surface area contributed by atoms with Gasteiger partial charge in [0.25, 0.3) is 0 Å². The third-order valence-corrected chi connectivity index (χ3v) is 9.44. The van der Waals surface area contributed by atoms with Crippen molar-refractivity contribution in [1.82, 2.24) is 0 Å². The van der Waals surface area contributed by atoms with Crippen LogP contribution in [0, 0.1) is 23.5 Å². The third kappa shape index (κ3) is 7.61. The van der Waals surface area contributed by atoms with Crippen LogP contribution in [0.25, 0.3) is 23.3 Å². The molecule has 43 heavy (non-hydrogen) atoms. The Bertz CT molecular complexity index is 1530. The Morgan fingerprint density at radius 2 is 1.44 bits per heavy atom. The predicted octanol–water partition coefficient (Wildman–Crippen LogP) is 4.03. The minimum atomic E-state index is 0. The Hall–Kier alpha value is -2.05. The average molecular weight is 685 g/mol. The molecule has 3 aromatic rings. The summed E-state index contributed by atoms with van der Waals surface area (Å²) in [5.74, 6) is 0.522. The van der Waals surface area contributed by atoms with E-state index in [4.69, 9.17) is 0 Å². The normalized spacial score (nSPS) is 18.4. The SMILES string of the molecule is CC1(C)[C-]=Cc2cc3c(cc21)Cc1cc2c(cc1-3)C=CC2(C)C.CC1[C-]=CC(C(C)(C)C)=C1.[Cl-].[Cl-].[Zr+2]=[CH]c1ccccc1. The molecule has 0 aromatic heterocycles. The number of benzene rings is 3. The molecule has 0 spiro atoms. The van der Waals surface area contributed by atoms with E-state index in [0.29, 0.717) is 11.3 Å². The number of allylic oxidation sites excluding steroid dienone is 6. The summed E-state index contributed by atoms with van der Waals surface area (Å²) in [6.07, 6.45) is 19.0. The first-order valence-corrected chi connectivity index (χ1v) is 16.2. The summed E-state index contributed by atoms with van der Waals surface area (Å²) in [5.41, 5.74) is 14.7. The number of fused-ring (bicyclic) bond motifs is 5. The predicted molar refractivity (Wildman–Crippen MR) is 174 cm³/mol. The topological polar surface area (TPSA) is 0 Å². The summed E-state index contributed by atoms with van der Waals surface area (Å²) >= 11 is 1.46. The Morgan fingerprint density at radius 3 is 1.95 bits per heavy atom. The fraction of sp³-hybridized carbons (Fsp3) is 0.325. The van der Waals surface area contributed by atoms with E-state index in [1.54, 1.807) is 0 Å². The van der Waals surface area contributed by atoms with Gasteiger partial charge in [0, 0.05) is 5.41 Å². The van der Waals surface area contributed by atoms with Gasteiger partial charge in [-0.2, -0.15) is 17.2 Å². The molecule has 7 rings (SSSR count). The molecule has 0 nitrogen and oxygen atoms in total. The van der Waals surface area contributed by atoms with Gasteiger partial charge in [-0.25, -0.2) is 12.2 Å². The first kappa shape index (κ1) is 35.4. The van der Waals surface area contributed by atoms with Gasteiger partial charge in [-0.1, -0.05) is 96.4 Å². The summed E-state index contributed by atoms with van der Waals surface area (Å²) in [4.78, 5) is 0. The molecule has 0 saturated heterocycles. The summed E-state index contributed by atoms with van der Waals surface area (Å²) in [6.45, 7) is 18.0. The molecule has 0 radical (unpaired) electrons. The fourth-order valence-corrected chi connectivity index (χ4v) is 6.48. The van der Waals surface area contributed by atoms with Crippen LogP contribution in [-0.4, -0.2) is 3.71 Å². The van der Waals surface area contributed by atoms with Crippen LogP contribution in [0.5, 0.6) is 0 Å². The van der Waals surface area contributed by atoms with Crippen LogP contribution in [-0.2, 0) is 41.5 Å². The van der Waals surface area contributed by atoms with Crippen molar-refractivity contribution in [1.29, 1.82) is 0 Å². The molecule has 1 atom stereocenters. The maximum absolute atomic E-state index is 3.50. The summed E-state index contributed by atoms with van der Waals surface area (Å²) in [5, 5.41) is 0. The van der Waals surface area contributed by atoms with E-state index in [1.165, 1.54) is 79.9 Å². The zero-order valence-corrected chi connectivity index (χ0v) is 30.7. The minimum absolute atomic E-state index is 0. The van der Waals surface area contributed by atoms with E-state index in [1.807, 2.05) is 6.07 Å². The van der Waals surface area contributed by atoms with E-state index in [9.17, 15) is 0 Å². The number of halogens is 2. The van der Waals surface area contributed by atoms with Gasteiger partial charge in [-0.3, -0.25) is 12.2 Å². The summed E-state index contributed by atoms with van der Waals surface area (Å²) in [6, 6.07) is 20.0. The van der Waals surface area contributed by atoms with Crippen molar-refractivity contribution in [3.8, 4) is 11.1 Å². The Kier molecular flexibility index (Phi) is 11.1. The van der Waals surface area contributed by atoms with Gasteiger partial charge in [0.1, 0.15) is 0 Å². The van der Waals surface area contributed by atoms with Crippen molar-refractivity contribution in [3.63, 3.8) is 0 Å². The Morgan fingerprint density at radius 1 is 0.837 bits per heavy atom. The van der Waals surface area contributed by atoms with Gasteiger partial charge < -0.3 is 24.8 Å². The van der Waals surface area contributed by atoms with E-state index in [-0.39, 0.29) is 35.6 Å². The summed E-state index contributed by atoms with van der Waals surface area (Å²) in [7, 11) is 0. The van der Waals surface area contributed by atoms with Crippen molar-refractivity contribution in [2.45, 2.75) is 72.6 Å². The molecule has 3 heteroatoms. The van der Waals surface area contributed by atoms with Crippen molar-refractivity contribution in [2.75, 3.05) is 0 Å². The zero-order chi connectivity index (χ0) is 29.6. The Balaban J connectivity index is 0.000000212. The molecule has 0 amide bonds. The third-order valence-electron chi connectivity index (χ3n) is 8.62. The first-order valence-electron chi connectivity index (χ1n) is 14.8. The Labute approximate surface area is 287 Å². The van der Waals surface area contributed by atoms with Crippen molar-refractivity contribution >= 4 is 15.9 Å². The molecule has 4 aliphatic carbocycles. The van der Waals surface area contributed by atoms with Gasteiger partial charge in [0.05, 0.1) is 0 Å². The molecule has 222 valence electrons. The van der Waals surface area contributed by atoms with Crippen LogP contribution < -0.4 is 24.8 Å². The second-order valence-corrected chi connectivity index (χ2v) is 14.6. The molecule has 1 unspecified atom stereocenters. The van der Waals surface area contributed by atoms with Crippen LogP contribution >= 0.6 is 0 Å². The van der Waals surface area contributed by atoms with Crippen LogP contribution in [0.4, 0.5) is 0 Å². The standard InChI is InChI=1S/C23H21.C10H15.C7H6.2ClH.Zr/c1-22(2)7-5-14-10-18-16(12-20(14)22)9-17-13-21-15(11-19(17)18)6-8-23(21,3)4;1-8-5-6-9(7-8)10(2,3)4;1-7-5-3-2-4-6-7;;;/h5-7,10-13H,9H2,1-4H3;6-8H,1-4H3;1-6H;2*1H;/q2*-1;;;;+2/p-2. The second-order valence-electron chi connectivity index (χ2n) is 13.9. The first-order chi connectivity index (χ1) is 19.3. The zero-order valence-electron chi connectivity index (χ0n) is 26.7. The molecular formula is C40H42Cl2Zr-2. The maximum atomic E-state index is 3.50. The molecule has 4 aliphatic rings. The average Bonchev–Trinajstić information content (AvgIpc) is 3.67. The van der Waals surface area contributed by atoms with Crippen LogP contribution in [0.2, 0.25) is 0 Å². The van der Waals surface area contributed by atoms with Crippen molar-refractivity contribution in [3.05, 3.63) is 129 Å². The molecule has 0 saturated carbocycles. The molecule has 0 N–H and O–H groups in total. The van der Waals surface area contributed by atoms with Gasteiger partial charge in [0.2, 0.25) is 0 Å². The number of rotatable bonds is 1. The van der Waals surface area contributed by atoms with Crippen molar-refractivity contribution in [2.24, 2.45) is 11.3 Å². The van der Waals surface area contributed by atoms with Gasteiger partial charge in [0.15, 0.2) is 0 Å². The van der Waals surface area contributed by atoms with E-state index in [0.717, 1.165) is 6.42 Å². The molecular weight excluding hydrogens is 643 g/mol. The molecule has 3 aromatic carbocycles. The van der Waals surface area contributed by atoms with Gasteiger partial charge >= 0.3 is 63.8 Å². The molecule has 0 fully saturated rings. The van der Waals surface area contributed by atoms with Crippen LogP contribution in [0.1, 0.15) is 94.3 Å². The molecule has 0 heterocycles. The van der Waals surface area contributed by atoms with Gasteiger partial charge in [-0.15, -0.1) is 11.6 Å². The quantitative estimate of drug-likeness (QED) is 0.266. The van der Waals surface area contributed by atoms with E-state index >= 15 is 0 Å².